The molecule has 0 atom stereocenters. The maximum atomic E-state index is 0. The average molecular weight is 289 g/mol. The molecule has 0 aromatic heterocycles. The molecule has 8 heteroatoms. The van der Waals surface area contributed by atoms with Crippen LogP contribution in [0.4, 0.5) is 0 Å². The first-order chi connectivity index (χ1) is 0. The van der Waals surface area contributed by atoms with E-state index in [1.807, 2.05) is 0 Å². The fourth-order valence-corrected chi connectivity index (χ4v) is 0. The molecule has 0 saturated carbocycles. The Bertz CT molecular complexity index is 10.4. The third-order valence-corrected chi connectivity index (χ3v) is 0. The molecule has 0 aliphatic rings. The van der Waals surface area contributed by atoms with Gasteiger partial charge in [-0.25, -0.2) is 0 Å². The van der Waals surface area contributed by atoms with E-state index in [0.717, 1.165) is 0 Å². The van der Waals surface area contributed by atoms with Crippen molar-refractivity contribution in [3.63, 3.8) is 0 Å². The molecule has 0 aromatic rings. The zero-order valence-electron chi connectivity index (χ0n) is 3.62. The molecule has 0 saturated heterocycles. The van der Waals surface area contributed by atoms with Crippen LogP contribution in [0.1, 0.15) is 0 Å². The molecule has 0 amide bonds. The summed E-state index contributed by atoms with van der Waals surface area (Å²) >= 11 is 0. The molecule has 5 nitrogen and oxygen atoms in total. The van der Waals surface area contributed by atoms with Gasteiger partial charge in [0.05, 0.1) is 0 Å². The smallest absolute Gasteiger partial charge is 2.00 e. The first kappa shape index (κ1) is 190. The summed E-state index contributed by atoms with van der Waals surface area (Å²) in [6, 6.07) is 0. The van der Waals surface area contributed by atoms with Crippen LogP contribution in [-0.2, 0) is 79.8 Å². The van der Waals surface area contributed by atoms with Gasteiger partial charge in [-0.2, -0.15) is 0 Å². The van der Waals surface area contributed by atoms with Gasteiger partial charge in [0, 0.05) is 0 Å². The topological polar surface area (TPSA) is 142 Å². The molecule has 0 bridgehead atoms. The van der Waals surface area contributed by atoms with Crippen molar-refractivity contribution in [1.29, 1.82) is 0 Å². The van der Waals surface area contributed by atoms with Crippen LogP contribution in [0.15, 0.2) is 0 Å². The van der Waals surface area contributed by atoms with E-state index in [1.165, 1.54) is 0 Å². The second-order valence-corrected chi connectivity index (χ2v) is 0. The molecule has 0 radical (unpaired) electrons. The largest absolute Gasteiger partial charge is 4.00 e. The fraction of sp³-hybridized carbons (Fsp3) is 0. The van der Waals surface area contributed by atoms with Crippen molar-refractivity contribution in [2.75, 3.05) is 0 Å². The number of hydrogen-bond donors (Lipinski definition) is 0. The van der Waals surface area contributed by atoms with Gasteiger partial charge in [0.15, 0.2) is 0 Å². The minimum Gasteiger partial charge on any atom is -2.00 e. The summed E-state index contributed by atoms with van der Waals surface area (Å²) in [7, 11) is 0. The van der Waals surface area contributed by atoms with Crippen molar-refractivity contribution >= 4 is 17.4 Å². The summed E-state index contributed by atoms with van der Waals surface area (Å²) in [6.07, 6.45) is 0. The minimum absolute atomic E-state index is 0. The van der Waals surface area contributed by atoms with Gasteiger partial charge in [0.25, 0.3) is 0 Å². The Labute approximate surface area is 96.1 Å². The zero-order valence-corrected chi connectivity index (χ0v) is 9.69. The monoisotopic (exact) mass is 287 g/mol. The van der Waals surface area contributed by atoms with E-state index >= 15 is 0 Å². The van der Waals surface area contributed by atoms with Gasteiger partial charge in [-0.05, 0) is 0 Å². The van der Waals surface area contributed by atoms with Gasteiger partial charge in [-0.1, -0.05) is 0 Å². The predicted octanol–water partition coefficient (Wildman–Crippen LogP) is -0.980. The second-order valence-electron chi connectivity index (χ2n) is 0. The third-order valence-electron chi connectivity index (χ3n) is 0. The predicted molar refractivity (Wildman–Crippen MR) is 9.19 cm³/mol. The van der Waals surface area contributed by atoms with Gasteiger partial charge in [0.1, 0.15) is 0 Å². The van der Waals surface area contributed by atoms with E-state index in [1.54, 1.807) is 0 Å². The van der Waals surface area contributed by atoms with E-state index in [-0.39, 0.29) is 97.1 Å². The van der Waals surface area contributed by atoms with Gasteiger partial charge in [-0.3, -0.25) is 0 Å². The van der Waals surface area contributed by atoms with Crippen LogP contribution < -0.4 is 0 Å². The summed E-state index contributed by atoms with van der Waals surface area (Å²) in [5.74, 6) is 0. The van der Waals surface area contributed by atoms with E-state index in [4.69, 9.17) is 0 Å². The molecule has 0 fully saturated rings. The summed E-state index contributed by atoms with van der Waals surface area (Å²) in [5, 5.41) is 0. The molecule has 0 rings (SSSR count). The standard InChI is InChI=1S/Al.5O.2Zr/q+3;5*-2;2*+4. The zero-order chi connectivity index (χ0) is 0. The molecule has 0 N–H and O–H groups in total. The number of hydrogen-bond acceptors (Lipinski definition) is 0. The molecule has 0 aromatic carbocycles. The van der Waals surface area contributed by atoms with Crippen LogP contribution in [0.2, 0.25) is 0 Å². The van der Waals surface area contributed by atoms with Crippen LogP contribution in [0.25, 0.3) is 0 Å². The minimum atomic E-state index is 0. The first-order valence-corrected chi connectivity index (χ1v) is 0. The second kappa shape index (κ2) is 135. The van der Waals surface area contributed by atoms with Gasteiger partial charge < -0.3 is 27.4 Å². The van der Waals surface area contributed by atoms with Crippen molar-refractivity contribution in [2.24, 2.45) is 0 Å². The van der Waals surface area contributed by atoms with Gasteiger partial charge in [-0.15, -0.1) is 0 Å². The van der Waals surface area contributed by atoms with E-state index < -0.39 is 0 Å². The van der Waals surface area contributed by atoms with Gasteiger partial charge in [0.2, 0.25) is 0 Å². The van der Waals surface area contributed by atoms with Crippen LogP contribution in [-0.4, -0.2) is 17.4 Å². The Kier molecular flexibility index (Phi) is 3210. The molecular formula is AlO5Zr2+. The van der Waals surface area contributed by atoms with Crippen molar-refractivity contribution in [1.82, 2.24) is 0 Å². The van der Waals surface area contributed by atoms with Crippen molar-refractivity contribution in [3.8, 4) is 0 Å². The van der Waals surface area contributed by atoms with Crippen LogP contribution >= 0.6 is 0 Å². The molecule has 0 spiro atoms. The van der Waals surface area contributed by atoms with Crippen molar-refractivity contribution < 1.29 is 79.8 Å². The molecule has 0 aliphatic heterocycles. The Morgan fingerprint density at radius 1 is 0.375 bits per heavy atom. The molecule has 0 aliphatic carbocycles. The van der Waals surface area contributed by atoms with Crippen LogP contribution in [0, 0.1) is 0 Å². The van der Waals surface area contributed by atoms with Crippen LogP contribution in [0.5, 0.6) is 0 Å². The Morgan fingerprint density at radius 2 is 0.375 bits per heavy atom. The van der Waals surface area contributed by atoms with Crippen molar-refractivity contribution in [2.45, 2.75) is 0 Å². The Hall–Kier alpha value is 2.10. The van der Waals surface area contributed by atoms with Crippen LogP contribution in [0.3, 0.4) is 0 Å². The molecule has 0 unspecified atom stereocenters. The van der Waals surface area contributed by atoms with E-state index in [0.29, 0.717) is 0 Å². The van der Waals surface area contributed by atoms with E-state index in [9.17, 15) is 0 Å². The van der Waals surface area contributed by atoms with Crippen molar-refractivity contribution in [3.05, 3.63) is 0 Å². The number of rotatable bonds is 0. The molecule has 8 heavy (non-hydrogen) atoms. The summed E-state index contributed by atoms with van der Waals surface area (Å²) < 4.78 is 0. The quantitative estimate of drug-likeness (QED) is 0.505. The molecule has 40 valence electrons. The SMILES string of the molecule is [Al+3].[O-2].[O-2].[O-2].[O-2].[O-2].[Zr+4].[Zr+4]. The Balaban J connectivity index is 0. The summed E-state index contributed by atoms with van der Waals surface area (Å²) in [6.45, 7) is 0. The fourth-order valence-electron chi connectivity index (χ4n) is 0. The maximum Gasteiger partial charge on any atom is 4.00 e. The summed E-state index contributed by atoms with van der Waals surface area (Å²) in [5.41, 5.74) is 0. The molecular weight excluding hydrogens is 289 g/mol. The molecule has 0 heterocycles. The normalized spacial score (nSPS) is 0. The third kappa shape index (κ3) is 92.7. The summed E-state index contributed by atoms with van der Waals surface area (Å²) in [4.78, 5) is 0. The van der Waals surface area contributed by atoms with Gasteiger partial charge >= 0.3 is 69.8 Å². The van der Waals surface area contributed by atoms with E-state index in [2.05, 4.69) is 0 Å². The average Bonchev–Trinajstić information content (AvgIpc) is 0. The Morgan fingerprint density at radius 3 is 0.375 bits per heavy atom. The maximum absolute atomic E-state index is 0. The first-order valence-electron chi connectivity index (χ1n) is 0.